The highest BCUT2D eigenvalue weighted by Crippen LogP contribution is 2.29. The van der Waals surface area contributed by atoms with Gasteiger partial charge in [-0.15, -0.1) is 11.3 Å². The minimum absolute atomic E-state index is 0.0110. The van der Waals surface area contributed by atoms with Crippen LogP contribution < -0.4 is 10.6 Å². The summed E-state index contributed by atoms with van der Waals surface area (Å²) < 4.78 is 2.17. The highest BCUT2D eigenvalue weighted by Gasteiger charge is 2.45. The molecule has 3 amide bonds. The van der Waals surface area contributed by atoms with Gasteiger partial charge in [0.25, 0.3) is 5.91 Å². The molecule has 0 aliphatic carbocycles. The molecule has 3 aromatic heterocycles. The van der Waals surface area contributed by atoms with Crippen LogP contribution in [0.15, 0.2) is 52.7 Å². The largest absolute Gasteiger partial charge is 0.391 e. The fourth-order valence-electron chi connectivity index (χ4n) is 5.19. The summed E-state index contributed by atoms with van der Waals surface area (Å²) in [5.74, 6) is -1.35. The van der Waals surface area contributed by atoms with Crippen LogP contribution in [0.25, 0.3) is 16.1 Å². The second kappa shape index (κ2) is 12.1. The third kappa shape index (κ3) is 6.63. The van der Waals surface area contributed by atoms with E-state index in [0.717, 1.165) is 21.7 Å². The first kappa shape index (κ1) is 30.8. The summed E-state index contributed by atoms with van der Waals surface area (Å²) in [4.78, 5) is 51.7. The van der Waals surface area contributed by atoms with Crippen molar-refractivity contribution in [1.82, 2.24) is 35.1 Å². The first-order valence-corrected chi connectivity index (χ1v) is 15.6. The minimum Gasteiger partial charge on any atom is -0.391 e. The molecule has 4 atom stereocenters. The number of aliphatic hydroxyl groups is 1. The summed E-state index contributed by atoms with van der Waals surface area (Å²) in [6, 6.07) is 7.27. The molecule has 0 saturated carbocycles. The second-order valence-corrected chi connectivity index (χ2v) is 13.7. The van der Waals surface area contributed by atoms with Crippen molar-refractivity contribution in [3.63, 3.8) is 0 Å². The molecule has 3 N–H and O–H groups in total. The van der Waals surface area contributed by atoms with Gasteiger partial charge in [-0.2, -0.15) is 5.10 Å². The zero-order chi connectivity index (χ0) is 31.1. The topological polar surface area (TPSA) is 142 Å². The number of hydrogen-bond acceptors (Lipinski definition) is 8. The van der Waals surface area contributed by atoms with E-state index in [0.29, 0.717) is 10.1 Å². The molecule has 0 spiro atoms. The lowest BCUT2D eigenvalue weighted by Gasteiger charge is -2.35. The molecule has 5 rings (SSSR count). The summed E-state index contributed by atoms with van der Waals surface area (Å²) in [5.41, 5.74) is 4.63. The molecule has 1 aliphatic rings. The smallest absolute Gasteiger partial charge is 0.272 e. The van der Waals surface area contributed by atoms with Gasteiger partial charge in [-0.1, -0.05) is 45.0 Å². The summed E-state index contributed by atoms with van der Waals surface area (Å²) in [6.07, 6.45) is 2.52. The number of hydrogen-bond donors (Lipinski definition) is 3. The molecule has 0 bridgehead atoms. The number of fused-ring (bicyclic) bond motifs is 1. The number of thiazole rings is 1. The molecule has 11 nitrogen and oxygen atoms in total. The molecule has 226 valence electrons. The normalized spacial score (nSPS) is 18.4. The lowest BCUT2D eigenvalue weighted by Crippen LogP contribution is -2.57. The molecular formula is C30H34BrN7O4S. The number of nitrogens with one attached hydrogen (secondary N) is 2. The average Bonchev–Trinajstić information content (AvgIpc) is 3.68. The van der Waals surface area contributed by atoms with E-state index in [9.17, 15) is 19.5 Å². The summed E-state index contributed by atoms with van der Waals surface area (Å²) in [5, 5.41) is 20.6. The third-order valence-electron chi connectivity index (χ3n) is 7.54. The van der Waals surface area contributed by atoms with Crippen molar-refractivity contribution in [3.05, 3.63) is 69.7 Å². The van der Waals surface area contributed by atoms with Gasteiger partial charge in [0.1, 0.15) is 12.1 Å². The van der Waals surface area contributed by atoms with E-state index in [2.05, 4.69) is 41.6 Å². The number of aromatic nitrogens is 4. The molecule has 1 saturated heterocycles. The monoisotopic (exact) mass is 667 g/mol. The van der Waals surface area contributed by atoms with Crippen molar-refractivity contribution < 1.29 is 19.5 Å². The van der Waals surface area contributed by atoms with Gasteiger partial charge in [-0.3, -0.25) is 14.4 Å². The van der Waals surface area contributed by atoms with E-state index in [1.807, 2.05) is 64.4 Å². The van der Waals surface area contributed by atoms with Crippen LogP contribution >= 0.6 is 27.3 Å². The van der Waals surface area contributed by atoms with Crippen LogP contribution in [0.4, 0.5) is 0 Å². The van der Waals surface area contributed by atoms with Crippen molar-refractivity contribution in [2.24, 2.45) is 5.41 Å². The van der Waals surface area contributed by atoms with Gasteiger partial charge in [0.05, 0.1) is 32.7 Å². The van der Waals surface area contributed by atoms with Crippen LogP contribution in [0.2, 0.25) is 0 Å². The van der Waals surface area contributed by atoms with Gasteiger partial charge in [-0.25, -0.2) is 14.5 Å². The molecule has 43 heavy (non-hydrogen) atoms. The SMILES string of the molecule is Cc1ncsc1-c1ccc([C@H](C)NC(=O)[C@@H]2C[C@@H](O)CN2C(=O)[C@@H](NC(=O)c2cc3ncc(Br)cn3n2)C(C)(C)C)cc1. The Morgan fingerprint density at radius 1 is 1.14 bits per heavy atom. The van der Waals surface area contributed by atoms with Crippen LogP contribution in [0.5, 0.6) is 0 Å². The van der Waals surface area contributed by atoms with Gasteiger partial charge in [0, 0.05) is 31.4 Å². The van der Waals surface area contributed by atoms with Crippen molar-refractivity contribution >= 4 is 50.6 Å². The number of β-amino-alcohol motifs (C(OH)–C–C–N with tert-alkyl or cyclic N) is 1. The molecule has 0 unspecified atom stereocenters. The van der Waals surface area contributed by atoms with E-state index in [-0.39, 0.29) is 30.6 Å². The predicted octanol–water partition coefficient (Wildman–Crippen LogP) is 3.91. The molecule has 1 fully saturated rings. The summed E-state index contributed by atoms with van der Waals surface area (Å²) in [6.45, 7) is 9.33. The van der Waals surface area contributed by atoms with Crippen LogP contribution in [-0.4, -0.2) is 72.0 Å². The van der Waals surface area contributed by atoms with Crippen molar-refractivity contribution in [1.29, 1.82) is 0 Å². The molecule has 13 heteroatoms. The molecule has 0 radical (unpaired) electrons. The second-order valence-electron chi connectivity index (χ2n) is 11.9. The average molecular weight is 669 g/mol. The van der Waals surface area contributed by atoms with Crippen molar-refractivity contribution in [2.45, 2.75) is 65.3 Å². The number of aryl methyl sites for hydroxylation is 1. The van der Waals surface area contributed by atoms with E-state index in [4.69, 9.17) is 0 Å². The lowest BCUT2D eigenvalue weighted by molar-refractivity contribution is -0.142. The minimum atomic E-state index is -0.981. The molecule has 1 aromatic carbocycles. The zero-order valence-electron chi connectivity index (χ0n) is 24.5. The Labute approximate surface area is 261 Å². The number of aliphatic hydroxyl groups excluding tert-OH is 1. The van der Waals surface area contributed by atoms with E-state index >= 15 is 0 Å². The van der Waals surface area contributed by atoms with Gasteiger partial charge in [0.2, 0.25) is 11.8 Å². The van der Waals surface area contributed by atoms with E-state index in [1.165, 1.54) is 15.5 Å². The van der Waals surface area contributed by atoms with Crippen LogP contribution in [-0.2, 0) is 9.59 Å². The number of carbonyl (C=O) groups excluding carboxylic acids is 3. The molecule has 1 aliphatic heterocycles. The maximum absolute atomic E-state index is 13.9. The molecule has 4 heterocycles. The Kier molecular flexibility index (Phi) is 8.68. The van der Waals surface area contributed by atoms with E-state index < -0.39 is 35.4 Å². The Bertz CT molecular complexity index is 1660. The standard InChI is InChI=1S/C30H34BrN7O4S/c1-16(18-6-8-19(9-7-18)25-17(2)33-15-43-25)34-28(41)23-10-21(39)14-37(23)29(42)26(30(3,4)5)35-27(40)22-11-24-32-12-20(31)13-38(24)36-22/h6-9,11-13,15-16,21,23,26,39H,10,14H2,1-5H3,(H,34,41)(H,35,40)/t16-,21+,23-,26+/m0/s1. The highest BCUT2D eigenvalue weighted by molar-refractivity contribution is 9.10. The Morgan fingerprint density at radius 2 is 1.86 bits per heavy atom. The Hall–Kier alpha value is -3.68. The van der Waals surface area contributed by atoms with E-state index in [1.54, 1.807) is 23.7 Å². The number of carbonyl (C=O) groups is 3. The van der Waals surface area contributed by atoms with Gasteiger partial charge in [0.15, 0.2) is 11.3 Å². The fraction of sp³-hybridized carbons (Fsp3) is 0.400. The molecular weight excluding hydrogens is 634 g/mol. The number of rotatable bonds is 7. The first-order chi connectivity index (χ1) is 20.3. The maximum atomic E-state index is 13.9. The van der Waals surface area contributed by atoms with Crippen LogP contribution in [0, 0.1) is 12.3 Å². The number of amides is 3. The number of nitrogens with zero attached hydrogens (tertiary/aromatic N) is 5. The summed E-state index contributed by atoms with van der Waals surface area (Å²) in [7, 11) is 0. The number of benzene rings is 1. The first-order valence-electron chi connectivity index (χ1n) is 13.9. The zero-order valence-corrected chi connectivity index (χ0v) is 26.9. The van der Waals surface area contributed by atoms with Crippen LogP contribution in [0.3, 0.4) is 0 Å². The highest BCUT2D eigenvalue weighted by atomic mass is 79.9. The Morgan fingerprint density at radius 3 is 2.51 bits per heavy atom. The quantitative estimate of drug-likeness (QED) is 0.271. The Balaban J connectivity index is 1.30. The third-order valence-corrected chi connectivity index (χ3v) is 8.93. The summed E-state index contributed by atoms with van der Waals surface area (Å²) >= 11 is 4.91. The van der Waals surface area contributed by atoms with Crippen molar-refractivity contribution in [3.8, 4) is 10.4 Å². The van der Waals surface area contributed by atoms with Crippen LogP contribution in [0.1, 0.15) is 61.9 Å². The maximum Gasteiger partial charge on any atom is 0.272 e. The fourth-order valence-corrected chi connectivity index (χ4v) is 6.29. The predicted molar refractivity (Wildman–Crippen MR) is 166 cm³/mol. The number of likely N-dealkylation sites (tertiary alicyclic amines) is 1. The van der Waals surface area contributed by atoms with Gasteiger partial charge in [-0.05, 0) is 46.3 Å². The van der Waals surface area contributed by atoms with Gasteiger partial charge < -0.3 is 20.6 Å². The number of halogens is 1. The lowest BCUT2D eigenvalue weighted by atomic mass is 9.85. The van der Waals surface area contributed by atoms with Crippen molar-refractivity contribution in [2.75, 3.05) is 6.54 Å². The van der Waals surface area contributed by atoms with Gasteiger partial charge >= 0.3 is 0 Å². The molecule has 4 aromatic rings.